The van der Waals surface area contributed by atoms with E-state index >= 15 is 0 Å². The normalized spacial score (nSPS) is 10.7. The number of halogens is 1. The minimum Gasteiger partial charge on any atom is -0.494 e. The number of aromatic nitrogens is 1. The number of hydrazine groups is 1. The van der Waals surface area contributed by atoms with Crippen LogP contribution in [0, 0.1) is 13.8 Å². The first kappa shape index (κ1) is 19.2. The number of nitrogens with zero attached hydrogens (tertiary/aromatic N) is 1. The van der Waals surface area contributed by atoms with E-state index in [0.29, 0.717) is 32.9 Å². The van der Waals surface area contributed by atoms with Crippen LogP contribution in [-0.2, 0) is 4.79 Å². The van der Waals surface area contributed by atoms with E-state index in [9.17, 15) is 4.79 Å². The van der Waals surface area contributed by atoms with Gasteiger partial charge in [0.2, 0.25) is 0 Å². The monoisotopic (exact) mass is 406 g/mol. The number of hydrogen-bond donors (Lipinski definition) is 3. The lowest BCUT2D eigenvalue weighted by Crippen LogP contribution is -2.20. The van der Waals surface area contributed by atoms with Crippen molar-refractivity contribution in [3.8, 4) is 11.5 Å². The Bertz CT molecular complexity index is 983. The van der Waals surface area contributed by atoms with Crippen LogP contribution in [0.2, 0.25) is 5.02 Å². The molecule has 0 saturated heterocycles. The number of amides is 1. The van der Waals surface area contributed by atoms with E-state index in [1.807, 2.05) is 19.9 Å². The number of carbonyl (C=O) groups is 1. The van der Waals surface area contributed by atoms with E-state index in [-0.39, 0.29) is 12.5 Å². The van der Waals surface area contributed by atoms with Crippen molar-refractivity contribution in [3.05, 3.63) is 40.4 Å². The molecule has 0 fully saturated rings. The predicted octanol–water partition coefficient (Wildman–Crippen LogP) is 3.88. The van der Waals surface area contributed by atoms with Crippen molar-refractivity contribution in [2.75, 3.05) is 24.5 Å². The summed E-state index contributed by atoms with van der Waals surface area (Å²) in [6.07, 6.45) is 0. The van der Waals surface area contributed by atoms with Crippen molar-refractivity contribution in [2.24, 2.45) is 5.84 Å². The summed E-state index contributed by atoms with van der Waals surface area (Å²) in [6.45, 7) is 3.67. The fourth-order valence-corrected chi connectivity index (χ4v) is 3.92. The molecule has 7 nitrogen and oxygen atoms in total. The van der Waals surface area contributed by atoms with Gasteiger partial charge in [0.05, 0.1) is 16.8 Å². The van der Waals surface area contributed by atoms with Crippen LogP contribution in [0.25, 0.3) is 10.2 Å². The largest absolute Gasteiger partial charge is 0.494 e. The standard InChI is InChI=1S/C18H19ClN4O3S/c1-9-4-10(2)17(12(19)5-9)26-8-15(24)21-11-6-13(25-3)16-14(7-11)27-18(22-16)23-20/h4-7H,8,20H2,1-3H3,(H,21,24)(H,22,23). The van der Waals surface area contributed by atoms with Crippen molar-refractivity contribution in [2.45, 2.75) is 13.8 Å². The number of thiazole rings is 1. The number of aryl methyl sites for hydroxylation is 2. The third-order valence-corrected chi connectivity index (χ3v) is 5.02. The van der Waals surface area contributed by atoms with Crippen LogP contribution in [-0.4, -0.2) is 24.6 Å². The van der Waals surface area contributed by atoms with Crippen molar-refractivity contribution < 1.29 is 14.3 Å². The van der Waals surface area contributed by atoms with Crippen LogP contribution >= 0.6 is 22.9 Å². The quantitative estimate of drug-likeness (QED) is 0.424. The van der Waals surface area contributed by atoms with Crippen molar-refractivity contribution in [3.63, 3.8) is 0 Å². The molecule has 0 bridgehead atoms. The number of nitrogen functional groups attached to an aromatic ring is 1. The van der Waals surface area contributed by atoms with Gasteiger partial charge in [-0.1, -0.05) is 29.0 Å². The van der Waals surface area contributed by atoms with Gasteiger partial charge in [-0.05, 0) is 37.1 Å². The molecule has 9 heteroatoms. The lowest BCUT2D eigenvalue weighted by atomic mass is 10.1. The summed E-state index contributed by atoms with van der Waals surface area (Å²) in [4.78, 5) is 16.6. The summed E-state index contributed by atoms with van der Waals surface area (Å²) in [5.41, 5.74) is 5.67. The number of hydrogen-bond acceptors (Lipinski definition) is 7. The topological polar surface area (TPSA) is 98.5 Å². The van der Waals surface area contributed by atoms with E-state index < -0.39 is 0 Å². The molecule has 1 heterocycles. The molecule has 0 aliphatic heterocycles. The average molecular weight is 407 g/mol. The molecule has 0 saturated carbocycles. The van der Waals surface area contributed by atoms with Crippen LogP contribution in [0.5, 0.6) is 11.5 Å². The zero-order valence-electron chi connectivity index (χ0n) is 15.1. The van der Waals surface area contributed by atoms with Gasteiger partial charge in [-0.2, -0.15) is 0 Å². The van der Waals surface area contributed by atoms with Gasteiger partial charge in [-0.15, -0.1) is 0 Å². The SMILES string of the molecule is COc1cc(NC(=O)COc2c(C)cc(C)cc2Cl)cc2sc(NN)nc12. The maximum Gasteiger partial charge on any atom is 0.262 e. The molecule has 3 rings (SSSR count). The highest BCUT2D eigenvalue weighted by atomic mass is 35.5. The van der Waals surface area contributed by atoms with E-state index in [2.05, 4.69) is 15.7 Å². The third-order valence-electron chi connectivity index (χ3n) is 3.81. The van der Waals surface area contributed by atoms with Crippen LogP contribution < -0.4 is 26.1 Å². The zero-order chi connectivity index (χ0) is 19.6. The second-order valence-electron chi connectivity index (χ2n) is 5.92. The molecular weight excluding hydrogens is 388 g/mol. The zero-order valence-corrected chi connectivity index (χ0v) is 16.6. The van der Waals surface area contributed by atoms with Gasteiger partial charge >= 0.3 is 0 Å². The summed E-state index contributed by atoms with van der Waals surface area (Å²) in [6, 6.07) is 7.25. The smallest absolute Gasteiger partial charge is 0.262 e. The van der Waals surface area contributed by atoms with Gasteiger partial charge < -0.3 is 14.8 Å². The van der Waals surface area contributed by atoms with E-state index in [1.54, 1.807) is 25.3 Å². The number of rotatable bonds is 6. The van der Waals surface area contributed by atoms with Crippen molar-refractivity contribution >= 4 is 49.9 Å². The minimum atomic E-state index is -0.311. The molecule has 3 aromatic rings. The molecule has 142 valence electrons. The molecule has 1 aromatic heterocycles. The van der Waals surface area contributed by atoms with Gasteiger partial charge in [-0.25, -0.2) is 10.8 Å². The second-order valence-corrected chi connectivity index (χ2v) is 7.36. The Kier molecular flexibility index (Phi) is 5.69. The fraction of sp³-hybridized carbons (Fsp3) is 0.222. The Morgan fingerprint density at radius 1 is 1.30 bits per heavy atom. The van der Waals surface area contributed by atoms with Gasteiger partial charge in [0.1, 0.15) is 17.0 Å². The minimum absolute atomic E-state index is 0.164. The highest BCUT2D eigenvalue weighted by molar-refractivity contribution is 7.22. The van der Waals surface area contributed by atoms with Gasteiger partial charge in [0, 0.05) is 11.8 Å². The molecule has 4 N–H and O–H groups in total. The van der Waals surface area contributed by atoms with E-state index in [0.717, 1.165) is 15.8 Å². The Balaban J connectivity index is 1.74. The Labute approximate surface area is 165 Å². The fourth-order valence-electron chi connectivity index (χ4n) is 2.71. The van der Waals surface area contributed by atoms with E-state index in [4.69, 9.17) is 26.9 Å². The molecule has 0 aliphatic rings. The highest BCUT2D eigenvalue weighted by Crippen LogP contribution is 2.35. The molecule has 0 spiro atoms. The molecule has 0 unspecified atom stereocenters. The number of fused-ring (bicyclic) bond motifs is 1. The summed E-state index contributed by atoms with van der Waals surface area (Å²) >= 11 is 7.56. The summed E-state index contributed by atoms with van der Waals surface area (Å²) < 4.78 is 11.8. The van der Waals surface area contributed by atoms with Crippen LogP contribution in [0.4, 0.5) is 10.8 Å². The van der Waals surface area contributed by atoms with Crippen LogP contribution in [0.15, 0.2) is 24.3 Å². The third kappa shape index (κ3) is 4.24. The molecule has 0 radical (unpaired) electrons. The number of anilines is 2. The molecule has 27 heavy (non-hydrogen) atoms. The first-order valence-corrected chi connectivity index (χ1v) is 9.25. The molecular formula is C18H19ClN4O3S. The van der Waals surface area contributed by atoms with Gasteiger partial charge in [-0.3, -0.25) is 10.2 Å². The second kappa shape index (κ2) is 7.99. The molecule has 0 aliphatic carbocycles. The van der Waals surface area contributed by atoms with Crippen molar-refractivity contribution in [1.82, 2.24) is 4.98 Å². The molecule has 0 atom stereocenters. The molecule has 2 aromatic carbocycles. The molecule has 1 amide bonds. The highest BCUT2D eigenvalue weighted by Gasteiger charge is 2.14. The van der Waals surface area contributed by atoms with Gasteiger partial charge in [0.25, 0.3) is 5.91 Å². The lowest BCUT2D eigenvalue weighted by molar-refractivity contribution is -0.118. The Morgan fingerprint density at radius 3 is 2.74 bits per heavy atom. The first-order valence-electron chi connectivity index (χ1n) is 8.06. The van der Waals surface area contributed by atoms with Crippen LogP contribution in [0.3, 0.4) is 0 Å². The summed E-state index contributed by atoms with van der Waals surface area (Å²) in [5, 5.41) is 3.83. The average Bonchev–Trinajstić information content (AvgIpc) is 3.03. The maximum atomic E-state index is 12.3. The number of methoxy groups -OCH3 is 1. The number of carbonyl (C=O) groups excluding carboxylic acids is 1. The first-order chi connectivity index (χ1) is 12.9. The summed E-state index contributed by atoms with van der Waals surface area (Å²) in [7, 11) is 1.54. The lowest BCUT2D eigenvalue weighted by Gasteiger charge is -2.12. The Hall–Kier alpha value is -2.55. The summed E-state index contributed by atoms with van der Waals surface area (Å²) in [5.74, 6) is 6.15. The number of benzene rings is 2. The Morgan fingerprint density at radius 2 is 2.07 bits per heavy atom. The van der Waals surface area contributed by atoms with Crippen LogP contribution in [0.1, 0.15) is 11.1 Å². The number of ether oxygens (including phenoxy) is 2. The van der Waals surface area contributed by atoms with Crippen molar-refractivity contribution in [1.29, 1.82) is 0 Å². The van der Waals surface area contributed by atoms with Gasteiger partial charge in [0.15, 0.2) is 11.7 Å². The predicted molar refractivity (Wildman–Crippen MR) is 109 cm³/mol. The maximum absolute atomic E-state index is 12.3. The number of nitrogens with two attached hydrogens (primary N) is 1. The van der Waals surface area contributed by atoms with E-state index in [1.165, 1.54) is 11.3 Å². The number of nitrogens with one attached hydrogen (secondary N) is 2.